The molecule has 1 aromatic rings. The Hall–Kier alpha value is -2.61. The normalized spacial score (nSPS) is 22.0. The molecule has 8 heteroatoms. The Balaban J connectivity index is 1.85. The van der Waals surface area contributed by atoms with E-state index in [0.29, 0.717) is 32.0 Å². The summed E-state index contributed by atoms with van der Waals surface area (Å²) in [6.45, 7) is 9.81. The van der Waals surface area contributed by atoms with Crippen LogP contribution < -0.4 is 5.32 Å². The Kier molecular flexibility index (Phi) is 7.77. The molecule has 2 heterocycles. The molecule has 4 amide bonds. The van der Waals surface area contributed by atoms with Crippen molar-refractivity contribution in [2.24, 2.45) is 11.8 Å². The summed E-state index contributed by atoms with van der Waals surface area (Å²) in [5.74, 6) is 0.609. The van der Waals surface area contributed by atoms with E-state index in [0.717, 1.165) is 12.0 Å². The van der Waals surface area contributed by atoms with E-state index in [4.69, 9.17) is 0 Å². The summed E-state index contributed by atoms with van der Waals surface area (Å²) in [7, 11) is 1.75. The Morgan fingerprint density at radius 2 is 1.78 bits per heavy atom. The Labute approximate surface area is 191 Å². The molecule has 3 rings (SSSR count). The second kappa shape index (κ2) is 10.3. The first-order valence-electron chi connectivity index (χ1n) is 11.6. The second-order valence-corrected chi connectivity index (χ2v) is 9.70. The van der Waals surface area contributed by atoms with Gasteiger partial charge in [0, 0.05) is 20.1 Å². The first-order valence-corrected chi connectivity index (χ1v) is 11.6. The molecule has 1 N–H and O–H groups in total. The number of hydrogen-bond acceptors (Lipinski definition) is 4. The number of amides is 4. The van der Waals surface area contributed by atoms with E-state index in [2.05, 4.69) is 33.0 Å². The molecule has 32 heavy (non-hydrogen) atoms. The van der Waals surface area contributed by atoms with E-state index in [1.54, 1.807) is 22.0 Å². The molecule has 2 atom stereocenters. The lowest BCUT2D eigenvalue weighted by molar-refractivity contribution is -0.188. The number of piperazine rings is 1. The lowest BCUT2D eigenvalue weighted by Gasteiger charge is -2.54. The van der Waals surface area contributed by atoms with Crippen molar-refractivity contribution in [1.82, 2.24) is 25.1 Å². The molecular formula is C24H37N5O3. The molecule has 2 saturated heterocycles. The van der Waals surface area contributed by atoms with Crippen LogP contribution >= 0.6 is 0 Å². The average molecular weight is 444 g/mol. The van der Waals surface area contributed by atoms with Gasteiger partial charge in [0.1, 0.15) is 12.2 Å². The highest BCUT2D eigenvalue weighted by atomic mass is 16.2. The van der Waals surface area contributed by atoms with Gasteiger partial charge in [0.25, 0.3) is 0 Å². The van der Waals surface area contributed by atoms with Crippen molar-refractivity contribution < 1.29 is 14.4 Å². The van der Waals surface area contributed by atoms with Crippen molar-refractivity contribution >= 4 is 17.8 Å². The quantitative estimate of drug-likeness (QED) is 0.703. The molecule has 1 aromatic carbocycles. The van der Waals surface area contributed by atoms with E-state index in [1.165, 1.54) is 0 Å². The molecule has 0 bridgehead atoms. The molecule has 1 unspecified atom stereocenters. The number of hydrogen-bond donors (Lipinski definition) is 1. The molecule has 0 saturated carbocycles. The van der Waals surface area contributed by atoms with Gasteiger partial charge in [0.05, 0.1) is 13.1 Å². The van der Waals surface area contributed by atoms with Crippen LogP contribution in [0.15, 0.2) is 30.3 Å². The summed E-state index contributed by atoms with van der Waals surface area (Å²) < 4.78 is 0. The van der Waals surface area contributed by atoms with Gasteiger partial charge in [0.2, 0.25) is 11.8 Å². The summed E-state index contributed by atoms with van der Waals surface area (Å²) in [6.07, 6.45) is 0.963. The van der Waals surface area contributed by atoms with Gasteiger partial charge in [-0.25, -0.2) is 14.8 Å². The van der Waals surface area contributed by atoms with Crippen LogP contribution in [0.25, 0.3) is 0 Å². The van der Waals surface area contributed by atoms with Gasteiger partial charge in [-0.1, -0.05) is 58.0 Å². The zero-order chi connectivity index (χ0) is 23.4. The first-order chi connectivity index (χ1) is 15.2. The molecule has 2 fully saturated rings. The zero-order valence-electron chi connectivity index (χ0n) is 20.0. The number of urea groups is 1. The van der Waals surface area contributed by atoms with Crippen LogP contribution in [0, 0.1) is 11.8 Å². The Morgan fingerprint density at radius 3 is 2.41 bits per heavy atom. The fourth-order valence-corrected chi connectivity index (χ4v) is 4.45. The molecular weight excluding hydrogens is 406 g/mol. The highest BCUT2D eigenvalue weighted by Crippen LogP contribution is 2.29. The van der Waals surface area contributed by atoms with E-state index >= 15 is 0 Å². The first kappa shape index (κ1) is 24.0. The number of nitrogens with zero attached hydrogens (tertiary/aromatic N) is 4. The monoisotopic (exact) mass is 443 g/mol. The van der Waals surface area contributed by atoms with Crippen molar-refractivity contribution in [1.29, 1.82) is 0 Å². The van der Waals surface area contributed by atoms with Gasteiger partial charge >= 0.3 is 6.03 Å². The molecule has 0 aromatic heterocycles. The smallest absolute Gasteiger partial charge is 0.334 e. The third-order valence-electron chi connectivity index (χ3n) is 6.11. The highest BCUT2D eigenvalue weighted by Gasteiger charge is 2.50. The van der Waals surface area contributed by atoms with Crippen molar-refractivity contribution in [3.63, 3.8) is 0 Å². The number of rotatable bonds is 7. The van der Waals surface area contributed by atoms with Crippen LogP contribution in [0.1, 0.15) is 46.1 Å². The lowest BCUT2D eigenvalue weighted by atomic mass is 9.96. The molecule has 2 aliphatic heterocycles. The largest absolute Gasteiger partial charge is 0.337 e. The van der Waals surface area contributed by atoms with Crippen molar-refractivity contribution in [2.75, 3.05) is 26.7 Å². The van der Waals surface area contributed by atoms with Crippen molar-refractivity contribution in [2.45, 2.75) is 59.3 Å². The number of nitrogens with one attached hydrogen (secondary N) is 1. The van der Waals surface area contributed by atoms with E-state index < -0.39 is 12.2 Å². The SMILES string of the molecule is CC(C)CCN1CC2N(C(=O)CN(C)N2C(=O)NCc2ccccc2)[C@@H](CC(C)C)C1=O. The maximum atomic E-state index is 13.3. The molecule has 0 spiro atoms. The van der Waals surface area contributed by atoms with Crippen LogP contribution in [-0.2, 0) is 16.1 Å². The summed E-state index contributed by atoms with van der Waals surface area (Å²) in [4.78, 5) is 43.2. The standard InChI is InChI=1S/C24H37N5O3/c1-17(2)11-12-27-15-21-28(20(23(27)31)13-18(3)4)22(30)16-26(5)29(21)24(32)25-14-19-9-7-6-8-10-19/h6-10,17-18,20-21H,11-16H2,1-5H3,(H,25,32)/t20-,21?/m0/s1. The molecule has 0 aliphatic carbocycles. The average Bonchev–Trinajstić information content (AvgIpc) is 2.73. The predicted molar refractivity (Wildman–Crippen MR) is 123 cm³/mol. The van der Waals surface area contributed by atoms with Gasteiger partial charge in [-0.3, -0.25) is 9.59 Å². The third-order valence-corrected chi connectivity index (χ3v) is 6.11. The number of fused-ring (bicyclic) bond motifs is 1. The van der Waals surface area contributed by atoms with Crippen LogP contribution in [-0.4, -0.2) is 76.6 Å². The maximum Gasteiger partial charge on any atom is 0.334 e. The fourth-order valence-electron chi connectivity index (χ4n) is 4.45. The lowest BCUT2D eigenvalue weighted by Crippen LogP contribution is -2.76. The minimum Gasteiger partial charge on any atom is -0.337 e. The van der Waals surface area contributed by atoms with Gasteiger partial charge in [-0.15, -0.1) is 0 Å². The van der Waals surface area contributed by atoms with Crippen molar-refractivity contribution in [3.05, 3.63) is 35.9 Å². The number of benzene rings is 1. The third kappa shape index (κ3) is 5.41. The van der Waals surface area contributed by atoms with Crippen LogP contribution in [0.3, 0.4) is 0 Å². The Bertz CT molecular complexity index is 813. The summed E-state index contributed by atoms with van der Waals surface area (Å²) in [6, 6.07) is 8.93. The molecule has 2 aliphatic rings. The minimum absolute atomic E-state index is 0.00172. The summed E-state index contributed by atoms with van der Waals surface area (Å²) >= 11 is 0. The summed E-state index contributed by atoms with van der Waals surface area (Å²) in [5.41, 5.74) is 1.00. The zero-order valence-corrected chi connectivity index (χ0v) is 20.0. The fraction of sp³-hybridized carbons (Fsp3) is 0.625. The second-order valence-electron chi connectivity index (χ2n) is 9.70. The highest BCUT2D eigenvalue weighted by molar-refractivity contribution is 5.91. The van der Waals surface area contributed by atoms with E-state index in [1.807, 2.05) is 35.2 Å². The van der Waals surface area contributed by atoms with Crippen LogP contribution in [0.4, 0.5) is 4.79 Å². The molecule has 8 nitrogen and oxygen atoms in total. The topological polar surface area (TPSA) is 76.2 Å². The number of carbonyl (C=O) groups excluding carboxylic acids is 3. The maximum absolute atomic E-state index is 13.3. The molecule has 176 valence electrons. The van der Waals surface area contributed by atoms with Crippen LogP contribution in [0.2, 0.25) is 0 Å². The predicted octanol–water partition coefficient (Wildman–Crippen LogP) is 2.52. The Morgan fingerprint density at radius 1 is 1.09 bits per heavy atom. The summed E-state index contributed by atoms with van der Waals surface area (Å²) in [5, 5.41) is 6.27. The molecule has 0 radical (unpaired) electrons. The van der Waals surface area contributed by atoms with E-state index in [-0.39, 0.29) is 30.3 Å². The van der Waals surface area contributed by atoms with Gasteiger partial charge in [0.15, 0.2) is 0 Å². The van der Waals surface area contributed by atoms with Gasteiger partial charge < -0.3 is 15.1 Å². The number of carbonyl (C=O) groups is 3. The van der Waals surface area contributed by atoms with Crippen molar-refractivity contribution in [3.8, 4) is 0 Å². The van der Waals surface area contributed by atoms with Gasteiger partial charge in [-0.2, -0.15) is 0 Å². The number of likely N-dealkylation sites (N-methyl/N-ethyl adjacent to an activating group) is 1. The van der Waals surface area contributed by atoms with Crippen LogP contribution in [0.5, 0.6) is 0 Å². The number of hydrazine groups is 1. The van der Waals surface area contributed by atoms with E-state index in [9.17, 15) is 14.4 Å². The van der Waals surface area contributed by atoms with Gasteiger partial charge in [-0.05, 0) is 30.2 Å². The minimum atomic E-state index is -0.536.